The van der Waals surface area contributed by atoms with Crippen molar-refractivity contribution in [3.8, 4) is 11.6 Å². The molecule has 2 aromatic carbocycles. The maximum absolute atomic E-state index is 13.8. The fraction of sp³-hybridized carbons (Fsp3) is 0.250. The summed E-state index contributed by atoms with van der Waals surface area (Å²) in [6, 6.07) is 17.3. The first-order chi connectivity index (χ1) is 19.8. The van der Waals surface area contributed by atoms with Crippen molar-refractivity contribution < 1.29 is 26.8 Å². The predicted molar refractivity (Wildman–Crippen MR) is 143 cm³/mol. The molecule has 6 rings (SSSR count). The molecule has 2 aliphatic heterocycles. The first-order valence-corrected chi connectivity index (χ1v) is 12.9. The van der Waals surface area contributed by atoms with Gasteiger partial charge in [0.05, 0.1) is 22.6 Å². The maximum atomic E-state index is 13.8. The molecule has 0 saturated carbocycles. The number of nitrogens with one attached hydrogen (secondary N) is 2. The molecule has 0 aliphatic carbocycles. The minimum Gasteiger partial charge on any atom is -0.402 e. The molecule has 1 unspecified atom stereocenters. The summed E-state index contributed by atoms with van der Waals surface area (Å²) < 4.78 is 60.0. The number of aliphatic imine (C=N–C) groups is 1. The third kappa shape index (κ3) is 5.47. The molecule has 41 heavy (non-hydrogen) atoms. The van der Waals surface area contributed by atoms with E-state index in [0.717, 1.165) is 17.2 Å². The summed E-state index contributed by atoms with van der Waals surface area (Å²) in [7, 11) is 0. The number of hydrogen-bond donors (Lipinski definition) is 2. The smallest absolute Gasteiger partial charge is 0.402 e. The molecule has 0 spiro atoms. The Hall–Kier alpha value is -4.81. The van der Waals surface area contributed by atoms with Crippen LogP contribution in [0.15, 0.2) is 76.3 Å². The number of pyridine rings is 1. The van der Waals surface area contributed by atoms with E-state index in [1.165, 1.54) is 0 Å². The number of nitrogens with zero attached hydrogens (tertiary/aromatic N) is 5. The summed E-state index contributed by atoms with van der Waals surface area (Å²) in [5.74, 6) is -0.645. The average Bonchev–Trinajstić information content (AvgIpc) is 3.38. The fourth-order valence-electron chi connectivity index (χ4n) is 4.78. The van der Waals surface area contributed by atoms with Crippen LogP contribution in [0.4, 0.5) is 35.0 Å². The van der Waals surface area contributed by atoms with E-state index < -0.39 is 30.0 Å². The summed E-state index contributed by atoms with van der Waals surface area (Å²) in [6.07, 6.45) is -5.79. The van der Waals surface area contributed by atoms with E-state index in [-0.39, 0.29) is 49.2 Å². The van der Waals surface area contributed by atoms with Gasteiger partial charge in [-0.15, -0.1) is 5.10 Å². The summed E-state index contributed by atoms with van der Waals surface area (Å²) in [6.45, 7) is 0.409. The number of halogens is 4. The molecule has 1 atom stereocenters. The summed E-state index contributed by atoms with van der Waals surface area (Å²) in [4.78, 5) is 23.4. The van der Waals surface area contributed by atoms with Gasteiger partial charge in [-0.1, -0.05) is 53.6 Å². The number of benzodiazepines with no additional fused rings is 1. The lowest BCUT2D eigenvalue weighted by molar-refractivity contribution is -0.137. The highest BCUT2D eigenvalue weighted by atomic mass is 19.4. The first-order valence-electron chi connectivity index (χ1n) is 12.9. The SMILES string of the molecule is O=C1Nc2ccccc2C(c2ccccc2)=NC1Nc1nnc(-c2ncc(C(F)(F)F)cc2N2CCC(F)CC2)o1. The van der Waals surface area contributed by atoms with Crippen LogP contribution in [-0.2, 0) is 11.0 Å². The maximum Gasteiger partial charge on any atom is 0.417 e. The summed E-state index contributed by atoms with van der Waals surface area (Å²) >= 11 is 0. The second-order valence-corrected chi connectivity index (χ2v) is 9.59. The molecule has 1 amide bonds. The van der Waals surface area contributed by atoms with Crippen LogP contribution in [-0.4, -0.2) is 52.2 Å². The van der Waals surface area contributed by atoms with Crippen LogP contribution in [0.3, 0.4) is 0 Å². The molecule has 210 valence electrons. The Morgan fingerprint density at radius 1 is 1.00 bits per heavy atom. The Kier molecular flexibility index (Phi) is 6.85. The standard InChI is InChI=1S/C28H23F4N7O2/c29-18-10-12-39(13-11-18)21-14-17(28(30,31)32)15-33-23(21)26-37-38-27(41-26)36-24-25(40)34-20-9-5-4-8-19(20)22(35-24)16-6-2-1-3-7-16/h1-9,14-15,18,24H,10-13H2,(H,34,40)(H,36,38). The zero-order chi connectivity index (χ0) is 28.6. The monoisotopic (exact) mass is 565 g/mol. The summed E-state index contributed by atoms with van der Waals surface area (Å²) in [5.41, 5.74) is 1.80. The van der Waals surface area contributed by atoms with Crippen LogP contribution >= 0.6 is 0 Å². The molecule has 2 aliphatic rings. The van der Waals surface area contributed by atoms with Gasteiger partial charge in [-0.25, -0.2) is 14.4 Å². The van der Waals surface area contributed by atoms with Crippen LogP contribution in [0, 0.1) is 0 Å². The number of alkyl halides is 4. The average molecular weight is 566 g/mol. The minimum absolute atomic E-state index is 0.0158. The number of benzene rings is 2. The second kappa shape index (κ2) is 10.6. The van der Waals surface area contributed by atoms with E-state index in [9.17, 15) is 22.4 Å². The van der Waals surface area contributed by atoms with Crippen LogP contribution in [0.1, 0.15) is 29.5 Å². The topological polar surface area (TPSA) is 109 Å². The number of piperidine rings is 1. The van der Waals surface area contributed by atoms with Crippen molar-refractivity contribution in [2.24, 2.45) is 4.99 Å². The van der Waals surface area contributed by atoms with E-state index >= 15 is 0 Å². The Morgan fingerprint density at radius 2 is 1.73 bits per heavy atom. The molecule has 2 N–H and O–H groups in total. The van der Waals surface area contributed by atoms with Gasteiger partial charge in [0.1, 0.15) is 6.17 Å². The van der Waals surface area contributed by atoms with Gasteiger partial charge in [-0.05, 0) is 25.0 Å². The van der Waals surface area contributed by atoms with Gasteiger partial charge in [0.2, 0.25) is 6.17 Å². The highest BCUT2D eigenvalue weighted by Crippen LogP contribution is 2.37. The molecule has 1 fully saturated rings. The quantitative estimate of drug-likeness (QED) is 0.316. The molecule has 4 aromatic rings. The summed E-state index contributed by atoms with van der Waals surface area (Å²) in [5, 5.41) is 13.6. The Morgan fingerprint density at radius 3 is 2.49 bits per heavy atom. The normalized spacial score (nSPS) is 17.9. The Balaban J connectivity index is 1.33. The van der Waals surface area contributed by atoms with Crippen molar-refractivity contribution in [1.29, 1.82) is 0 Å². The van der Waals surface area contributed by atoms with Gasteiger partial charge >= 0.3 is 12.2 Å². The molecule has 1 saturated heterocycles. The second-order valence-electron chi connectivity index (χ2n) is 9.59. The zero-order valence-corrected chi connectivity index (χ0v) is 21.4. The van der Waals surface area contributed by atoms with E-state index in [0.29, 0.717) is 17.6 Å². The third-order valence-electron chi connectivity index (χ3n) is 6.84. The lowest BCUT2D eigenvalue weighted by Crippen LogP contribution is -2.35. The van der Waals surface area contributed by atoms with Crippen molar-refractivity contribution in [3.63, 3.8) is 0 Å². The van der Waals surface area contributed by atoms with Crippen molar-refractivity contribution in [2.45, 2.75) is 31.4 Å². The Labute approximate surface area is 231 Å². The number of anilines is 3. The molecule has 13 heteroatoms. The van der Waals surface area contributed by atoms with Gasteiger partial charge in [0, 0.05) is 30.4 Å². The van der Waals surface area contributed by atoms with Crippen molar-refractivity contribution in [3.05, 3.63) is 83.6 Å². The van der Waals surface area contributed by atoms with Gasteiger partial charge in [0.25, 0.3) is 11.8 Å². The number of carbonyl (C=O) groups is 1. The number of aromatic nitrogens is 3. The highest BCUT2D eigenvalue weighted by molar-refractivity contribution is 6.19. The lowest BCUT2D eigenvalue weighted by atomic mass is 10.0. The largest absolute Gasteiger partial charge is 0.417 e. The molecular weight excluding hydrogens is 542 g/mol. The molecular formula is C28H23F4N7O2. The number of carbonyl (C=O) groups excluding carboxylic acids is 1. The number of amides is 1. The van der Waals surface area contributed by atoms with E-state index in [1.807, 2.05) is 42.5 Å². The molecule has 2 aromatic heterocycles. The highest BCUT2D eigenvalue weighted by Gasteiger charge is 2.34. The van der Waals surface area contributed by atoms with Crippen molar-refractivity contribution in [2.75, 3.05) is 28.6 Å². The molecule has 4 heterocycles. The first kappa shape index (κ1) is 26.4. The van der Waals surface area contributed by atoms with Gasteiger partial charge in [-0.2, -0.15) is 13.2 Å². The van der Waals surface area contributed by atoms with E-state index in [2.05, 4.69) is 30.8 Å². The van der Waals surface area contributed by atoms with Crippen LogP contribution in [0.5, 0.6) is 0 Å². The number of hydrogen-bond acceptors (Lipinski definition) is 8. The van der Waals surface area contributed by atoms with Crippen LogP contribution in [0.2, 0.25) is 0 Å². The van der Waals surface area contributed by atoms with Crippen molar-refractivity contribution in [1.82, 2.24) is 15.2 Å². The van der Waals surface area contributed by atoms with Gasteiger partial charge in [-0.3, -0.25) is 4.79 Å². The van der Waals surface area contributed by atoms with Crippen molar-refractivity contribution >= 4 is 29.0 Å². The predicted octanol–water partition coefficient (Wildman–Crippen LogP) is 5.32. The lowest BCUT2D eigenvalue weighted by Gasteiger charge is -2.31. The van der Waals surface area contributed by atoms with Crippen LogP contribution in [0.25, 0.3) is 11.6 Å². The molecule has 0 radical (unpaired) electrons. The van der Waals surface area contributed by atoms with E-state index in [4.69, 9.17) is 4.42 Å². The number of para-hydroxylation sites is 1. The molecule has 0 bridgehead atoms. The van der Waals surface area contributed by atoms with Gasteiger partial charge in [0.15, 0.2) is 5.69 Å². The number of rotatable bonds is 5. The number of fused-ring (bicyclic) bond motifs is 1. The fourth-order valence-corrected chi connectivity index (χ4v) is 4.78. The van der Waals surface area contributed by atoms with E-state index in [1.54, 1.807) is 17.0 Å². The minimum atomic E-state index is -4.63. The third-order valence-corrected chi connectivity index (χ3v) is 6.84. The Bertz CT molecular complexity index is 1600. The van der Waals surface area contributed by atoms with Gasteiger partial charge < -0.3 is 20.0 Å². The zero-order valence-electron chi connectivity index (χ0n) is 21.4. The molecule has 9 nitrogen and oxygen atoms in total. The van der Waals surface area contributed by atoms with Crippen LogP contribution < -0.4 is 15.5 Å².